The van der Waals surface area contributed by atoms with Crippen molar-refractivity contribution in [3.63, 3.8) is 0 Å². The zero-order chi connectivity index (χ0) is 8.18. The molecule has 4 aliphatic heterocycles. The number of hydrogen-bond donors (Lipinski definition) is 2. The Labute approximate surface area is 69.7 Å². The van der Waals surface area contributed by atoms with Crippen LogP contribution in [0.15, 0.2) is 22.3 Å². The Kier molecular flexibility index (Phi) is 0.871. The Morgan fingerprint density at radius 1 is 1.42 bits per heavy atom. The second-order valence-electron chi connectivity index (χ2n) is 3.20. The van der Waals surface area contributed by atoms with Crippen molar-refractivity contribution >= 4 is 12.7 Å². The van der Waals surface area contributed by atoms with E-state index in [1.165, 1.54) is 0 Å². The summed E-state index contributed by atoms with van der Waals surface area (Å²) >= 11 is 0. The summed E-state index contributed by atoms with van der Waals surface area (Å²) < 4.78 is 0. The molecule has 0 radical (unpaired) electrons. The summed E-state index contributed by atoms with van der Waals surface area (Å²) in [7, 11) is 0. The van der Waals surface area contributed by atoms with Crippen molar-refractivity contribution in [3.8, 4) is 0 Å². The molecule has 5 nitrogen and oxygen atoms in total. The Morgan fingerprint density at radius 2 is 2.17 bits per heavy atom. The first-order valence-electron chi connectivity index (χ1n) is 3.89. The maximum absolute atomic E-state index is 6.12. The van der Waals surface area contributed by atoms with Gasteiger partial charge in [-0.05, 0) is 6.20 Å². The zero-order valence-electron chi connectivity index (χ0n) is 6.38. The van der Waals surface area contributed by atoms with Crippen LogP contribution in [0.1, 0.15) is 0 Å². The summed E-state index contributed by atoms with van der Waals surface area (Å²) in [6.07, 6.45) is 7.31. The number of aliphatic imine (C=N–C) groups is 2. The number of nitrogens with two attached hydrogens (primary N) is 1. The third-order valence-electron chi connectivity index (χ3n) is 2.56. The van der Waals surface area contributed by atoms with Crippen LogP contribution >= 0.6 is 0 Å². The van der Waals surface area contributed by atoms with Gasteiger partial charge in [0, 0.05) is 0 Å². The predicted molar refractivity (Wildman–Crippen MR) is 45.3 cm³/mol. The van der Waals surface area contributed by atoms with Crippen LogP contribution in [0.2, 0.25) is 0 Å². The van der Waals surface area contributed by atoms with E-state index in [2.05, 4.69) is 15.3 Å². The van der Waals surface area contributed by atoms with Crippen molar-refractivity contribution < 1.29 is 0 Å². The van der Waals surface area contributed by atoms with Crippen molar-refractivity contribution in [3.05, 3.63) is 12.3 Å². The molecule has 0 aliphatic carbocycles. The van der Waals surface area contributed by atoms with Crippen LogP contribution in [-0.2, 0) is 0 Å². The zero-order valence-corrected chi connectivity index (χ0v) is 6.38. The van der Waals surface area contributed by atoms with Gasteiger partial charge in [-0.1, -0.05) is 6.08 Å². The first kappa shape index (κ1) is 6.19. The van der Waals surface area contributed by atoms with Crippen molar-refractivity contribution in [2.75, 3.05) is 0 Å². The molecule has 2 bridgehead atoms. The second kappa shape index (κ2) is 1.69. The molecule has 0 saturated carbocycles. The summed E-state index contributed by atoms with van der Waals surface area (Å²) in [5.41, 5.74) is 6.12. The second-order valence-corrected chi connectivity index (χ2v) is 3.20. The predicted octanol–water partition coefficient (Wildman–Crippen LogP) is -0.956. The molecule has 0 aromatic carbocycles. The molecule has 0 saturated heterocycles. The summed E-state index contributed by atoms with van der Waals surface area (Å²) in [4.78, 5) is 10.2. The van der Waals surface area contributed by atoms with Crippen LogP contribution in [0.25, 0.3) is 0 Å². The highest BCUT2D eigenvalue weighted by Crippen LogP contribution is 2.33. The fraction of sp³-hybridized carbons (Fsp3) is 0.429. The Balaban J connectivity index is 2.14. The molecular weight excluding hydrogens is 154 g/mol. The van der Waals surface area contributed by atoms with E-state index in [1.54, 1.807) is 17.6 Å². The van der Waals surface area contributed by atoms with Gasteiger partial charge in [0.1, 0.15) is 0 Å². The highest BCUT2D eigenvalue weighted by molar-refractivity contribution is 5.80. The molecule has 5 heteroatoms. The third-order valence-corrected chi connectivity index (χ3v) is 2.56. The van der Waals surface area contributed by atoms with Gasteiger partial charge in [-0.25, -0.2) is 9.98 Å². The van der Waals surface area contributed by atoms with Crippen LogP contribution in [0, 0.1) is 5.92 Å². The van der Waals surface area contributed by atoms with Crippen molar-refractivity contribution in [2.45, 2.75) is 12.0 Å². The van der Waals surface area contributed by atoms with Crippen LogP contribution in [0.5, 0.6) is 0 Å². The van der Waals surface area contributed by atoms with E-state index < -0.39 is 5.79 Å². The van der Waals surface area contributed by atoms with Gasteiger partial charge >= 0.3 is 0 Å². The fourth-order valence-corrected chi connectivity index (χ4v) is 1.83. The average molecular weight is 163 g/mol. The first-order valence-corrected chi connectivity index (χ1v) is 3.89. The van der Waals surface area contributed by atoms with Crippen molar-refractivity contribution in [2.24, 2.45) is 21.6 Å². The highest BCUT2D eigenvalue weighted by Gasteiger charge is 2.49. The standard InChI is InChI=1S/C7H9N5/c8-7-5(1-2-11-7)6-9-3-12(7)4-10-6/h1-6,11H,8H2/t5-,7-/m0/s1. The van der Waals surface area contributed by atoms with E-state index in [0.29, 0.717) is 0 Å². The Morgan fingerprint density at radius 3 is 2.83 bits per heavy atom. The molecule has 0 unspecified atom stereocenters. The van der Waals surface area contributed by atoms with Crippen LogP contribution in [-0.4, -0.2) is 29.5 Å². The highest BCUT2D eigenvalue weighted by atomic mass is 15.5. The van der Waals surface area contributed by atoms with E-state index in [4.69, 9.17) is 5.73 Å². The van der Waals surface area contributed by atoms with Gasteiger partial charge in [-0.2, -0.15) is 0 Å². The fourth-order valence-electron chi connectivity index (χ4n) is 1.83. The summed E-state index contributed by atoms with van der Waals surface area (Å²) in [5.74, 6) is -0.360. The minimum absolute atomic E-state index is 0.0359. The van der Waals surface area contributed by atoms with E-state index in [-0.39, 0.29) is 12.1 Å². The SMILES string of the molecule is N[C@]12NC=C[C@H]1C1N=CN2C=N1. The molecule has 0 aromatic heterocycles. The van der Waals surface area contributed by atoms with E-state index in [0.717, 1.165) is 0 Å². The lowest BCUT2D eigenvalue weighted by Gasteiger charge is -2.46. The Bertz CT molecular complexity index is 293. The molecule has 62 valence electrons. The molecule has 4 aliphatic rings. The molecule has 4 heterocycles. The molecule has 4 rings (SSSR count). The van der Waals surface area contributed by atoms with Gasteiger partial charge < -0.3 is 5.32 Å². The molecule has 0 amide bonds. The molecule has 2 atom stereocenters. The summed E-state index contributed by atoms with van der Waals surface area (Å²) in [6, 6.07) is 0. The molecule has 0 aromatic rings. The average Bonchev–Trinajstić information content (AvgIpc) is 2.51. The molecular formula is C7H9N5. The van der Waals surface area contributed by atoms with E-state index in [9.17, 15) is 0 Å². The normalized spacial score (nSPS) is 46.6. The smallest absolute Gasteiger partial charge is 0.180 e. The minimum atomic E-state index is -0.520. The first-order chi connectivity index (χ1) is 5.81. The Hall–Kier alpha value is -1.36. The van der Waals surface area contributed by atoms with E-state index in [1.807, 2.05) is 12.3 Å². The van der Waals surface area contributed by atoms with Crippen LogP contribution in [0.3, 0.4) is 0 Å². The van der Waals surface area contributed by atoms with Gasteiger partial charge in [-0.15, -0.1) is 0 Å². The quantitative estimate of drug-likeness (QED) is 0.483. The van der Waals surface area contributed by atoms with Crippen LogP contribution in [0.4, 0.5) is 0 Å². The molecule has 12 heavy (non-hydrogen) atoms. The van der Waals surface area contributed by atoms with Crippen molar-refractivity contribution in [1.29, 1.82) is 0 Å². The van der Waals surface area contributed by atoms with Gasteiger partial charge in [0.2, 0.25) is 0 Å². The minimum Gasteiger partial charge on any atom is -0.356 e. The van der Waals surface area contributed by atoms with Gasteiger partial charge in [0.25, 0.3) is 0 Å². The number of hydrogen-bond acceptors (Lipinski definition) is 5. The molecule has 3 N–H and O–H groups in total. The van der Waals surface area contributed by atoms with Gasteiger partial charge in [0.15, 0.2) is 12.0 Å². The van der Waals surface area contributed by atoms with Crippen molar-refractivity contribution in [1.82, 2.24) is 10.2 Å². The number of nitrogens with one attached hydrogen (secondary N) is 1. The van der Waals surface area contributed by atoms with Crippen LogP contribution < -0.4 is 11.1 Å². The number of nitrogens with zero attached hydrogens (tertiary/aromatic N) is 3. The maximum atomic E-state index is 6.12. The van der Waals surface area contributed by atoms with Gasteiger partial charge in [0.05, 0.1) is 18.6 Å². The third kappa shape index (κ3) is 0.504. The molecule has 0 spiro atoms. The largest absolute Gasteiger partial charge is 0.356 e. The lowest BCUT2D eigenvalue weighted by atomic mass is 9.96. The summed E-state index contributed by atoms with van der Waals surface area (Å²) in [5, 5.41) is 3.11. The topological polar surface area (TPSA) is 66.0 Å². The number of rotatable bonds is 0. The van der Waals surface area contributed by atoms with Gasteiger partial charge in [-0.3, -0.25) is 10.6 Å². The monoisotopic (exact) mass is 163 g/mol. The van der Waals surface area contributed by atoms with E-state index >= 15 is 0 Å². The summed E-state index contributed by atoms with van der Waals surface area (Å²) in [6.45, 7) is 0. The lowest BCUT2D eigenvalue weighted by Crippen LogP contribution is -2.70. The maximum Gasteiger partial charge on any atom is 0.180 e. The lowest BCUT2D eigenvalue weighted by molar-refractivity contribution is 0.136. The molecule has 0 fully saturated rings.